The Balaban J connectivity index is 1.91. The Kier molecular flexibility index (Phi) is 4.99. The number of hydrogen-bond donors (Lipinski definition) is 0. The van der Waals surface area contributed by atoms with Crippen molar-refractivity contribution in [2.24, 2.45) is 11.8 Å². The molecule has 0 unspecified atom stereocenters. The van der Waals surface area contributed by atoms with Crippen LogP contribution in [0.25, 0.3) is 0 Å². The molecule has 1 aromatic rings. The van der Waals surface area contributed by atoms with Crippen molar-refractivity contribution in [1.29, 1.82) is 0 Å². The molecular weight excluding hydrogens is 288 g/mol. The van der Waals surface area contributed by atoms with Crippen LogP contribution in [0.2, 0.25) is 0 Å². The highest BCUT2D eigenvalue weighted by Gasteiger charge is 2.25. The van der Waals surface area contributed by atoms with Gasteiger partial charge in [-0.1, -0.05) is 47.5 Å². The molecule has 0 N–H and O–H groups in total. The minimum absolute atomic E-state index is 0.305. The third kappa shape index (κ3) is 3.44. The van der Waals surface area contributed by atoms with Crippen LogP contribution in [0.5, 0.6) is 0 Å². The van der Waals surface area contributed by atoms with Gasteiger partial charge in [-0.15, -0.1) is 0 Å². The summed E-state index contributed by atoms with van der Waals surface area (Å²) in [7, 11) is 0. The molecule has 0 heterocycles. The fourth-order valence-electron chi connectivity index (χ4n) is 2.87. The molecule has 1 aromatic carbocycles. The molecule has 0 saturated heterocycles. The van der Waals surface area contributed by atoms with Crippen molar-refractivity contribution in [3.05, 3.63) is 34.3 Å². The van der Waals surface area contributed by atoms with Gasteiger partial charge in [-0.25, -0.2) is 0 Å². The predicted molar refractivity (Wildman–Crippen MR) is 78.6 cm³/mol. The third-order valence-corrected chi connectivity index (χ3v) is 4.98. The molecule has 1 nitrogen and oxygen atoms in total. The minimum Gasteiger partial charge on any atom is -0.299 e. The molecule has 2 heteroatoms. The van der Waals surface area contributed by atoms with E-state index in [0.29, 0.717) is 18.1 Å². The van der Waals surface area contributed by atoms with E-state index in [4.69, 9.17) is 0 Å². The molecule has 1 aliphatic rings. The van der Waals surface area contributed by atoms with Crippen LogP contribution in [-0.2, 0) is 11.2 Å². The standard InChI is InChI=1S/C16H21BrO/c1-2-12-7-9-13(10-8-12)16(18)11-14-5-3-4-6-15(14)17/h3-6,12-13H,2,7-11H2,1H3. The second-order valence-electron chi connectivity index (χ2n) is 5.36. The second-order valence-corrected chi connectivity index (χ2v) is 6.21. The SMILES string of the molecule is CCC1CCC(C(=O)Cc2ccccc2Br)CC1. The van der Waals surface area contributed by atoms with Gasteiger partial charge in [-0.2, -0.15) is 0 Å². The Morgan fingerprint density at radius 1 is 1.22 bits per heavy atom. The first-order valence-electron chi connectivity index (χ1n) is 6.96. The molecule has 1 fully saturated rings. The molecule has 18 heavy (non-hydrogen) atoms. The summed E-state index contributed by atoms with van der Waals surface area (Å²) in [5.41, 5.74) is 1.13. The van der Waals surface area contributed by atoms with E-state index in [1.807, 2.05) is 24.3 Å². The van der Waals surface area contributed by atoms with Crippen molar-refractivity contribution >= 4 is 21.7 Å². The monoisotopic (exact) mass is 308 g/mol. The van der Waals surface area contributed by atoms with E-state index in [9.17, 15) is 4.79 Å². The lowest BCUT2D eigenvalue weighted by molar-refractivity contribution is -0.123. The number of Topliss-reactive ketones (excluding diaryl/α,β-unsaturated/α-hetero) is 1. The van der Waals surface area contributed by atoms with Gasteiger partial charge in [0.25, 0.3) is 0 Å². The van der Waals surface area contributed by atoms with E-state index in [1.165, 1.54) is 19.3 Å². The Labute approximate surface area is 118 Å². The number of halogens is 1. The molecule has 0 radical (unpaired) electrons. The van der Waals surface area contributed by atoms with Crippen molar-refractivity contribution in [1.82, 2.24) is 0 Å². The highest BCUT2D eigenvalue weighted by molar-refractivity contribution is 9.10. The smallest absolute Gasteiger partial charge is 0.140 e. The Bertz CT molecular complexity index is 405. The van der Waals surface area contributed by atoms with Crippen LogP contribution in [0.4, 0.5) is 0 Å². The molecule has 0 atom stereocenters. The van der Waals surface area contributed by atoms with Crippen LogP contribution in [0, 0.1) is 11.8 Å². The van der Waals surface area contributed by atoms with Gasteiger partial charge in [0, 0.05) is 16.8 Å². The van der Waals surface area contributed by atoms with Gasteiger partial charge in [-0.3, -0.25) is 4.79 Å². The van der Waals surface area contributed by atoms with Crippen LogP contribution < -0.4 is 0 Å². The Morgan fingerprint density at radius 2 is 1.89 bits per heavy atom. The van der Waals surface area contributed by atoms with Gasteiger partial charge in [0.15, 0.2) is 0 Å². The summed E-state index contributed by atoms with van der Waals surface area (Å²) < 4.78 is 1.06. The molecule has 0 bridgehead atoms. The number of rotatable bonds is 4. The summed E-state index contributed by atoms with van der Waals surface area (Å²) in [4.78, 5) is 12.3. The quantitative estimate of drug-likeness (QED) is 0.782. The van der Waals surface area contributed by atoms with E-state index < -0.39 is 0 Å². The Morgan fingerprint density at radius 3 is 2.50 bits per heavy atom. The van der Waals surface area contributed by atoms with E-state index >= 15 is 0 Å². The maximum atomic E-state index is 12.3. The Hall–Kier alpha value is -0.630. The van der Waals surface area contributed by atoms with Crippen molar-refractivity contribution in [2.45, 2.75) is 45.4 Å². The number of carbonyl (C=O) groups is 1. The normalized spacial score (nSPS) is 23.9. The lowest BCUT2D eigenvalue weighted by Crippen LogP contribution is -2.23. The lowest BCUT2D eigenvalue weighted by atomic mass is 9.78. The molecule has 1 aliphatic carbocycles. The number of benzene rings is 1. The summed E-state index contributed by atoms with van der Waals surface area (Å²) >= 11 is 3.52. The summed E-state index contributed by atoms with van der Waals surface area (Å²) in [6, 6.07) is 8.04. The van der Waals surface area contributed by atoms with Crippen molar-refractivity contribution < 1.29 is 4.79 Å². The van der Waals surface area contributed by atoms with Gasteiger partial charge >= 0.3 is 0 Å². The van der Waals surface area contributed by atoms with E-state index in [1.54, 1.807) is 0 Å². The van der Waals surface area contributed by atoms with Crippen LogP contribution >= 0.6 is 15.9 Å². The highest BCUT2D eigenvalue weighted by Crippen LogP contribution is 2.32. The maximum Gasteiger partial charge on any atom is 0.140 e. The zero-order chi connectivity index (χ0) is 13.0. The summed E-state index contributed by atoms with van der Waals surface area (Å²) in [6.45, 7) is 2.26. The summed E-state index contributed by atoms with van der Waals surface area (Å²) in [5, 5.41) is 0. The topological polar surface area (TPSA) is 17.1 Å². The number of carbonyl (C=O) groups excluding carboxylic acids is 1. The van der Waals surface area contributed by atoms with Crippen LogP contribution in [-0.4, -0.2) is 5.78 Å². The van der Waals surface area contributed by atoms with Gasteiger partial charge in [-0.05, 0) is 43.2 Å². The van der Waals surface area contributed by atoms with Crippen molar-refractivity contribution in [3.63, 3.8) is 0 Å². The molecule has 2 rings (SSSR count). The zero-order valence-corrected chi connectivity index (χ0v) is 12.6. The van der Waals surface area contributed by atoms with Gasteiger partial charge in [0.1, 0.15) is 5.78 Å². The van der Waals surface area contributed by atoms with Gasteiger partial charge < -0.3 is 0 Å². The van der Waals surface area contributed by atoms with Crippen LogP contribution in [0.15, 0.2) is 28.7 Å². The number of hydrogen-bond acceptors (Lipinski definition) is 1. The highest BCUT2D eigenvalue weighted by atomic mass is 79.9. The number of ketones is 1. The maximum absolute atomic E-state index is 12.3. The minimum atomic E-state index is 0.305. The molecule has 0 aliphatic heterocycles. The predicted octanol–water partition coefficient (Wildman–Crippen LogP) is 4.78. The van der Waals surface area contributed by atoms with Crippen molar-refractivity contribution in [3.8, 4) is 0 Å². The fourth-order valence-corrected chi connectivity index (χ4v) is 3.29. The van der Waals surface area contributed by atoms with E-state index in [2.05, 4.69) is 22.9 Å². The molecule has 0 aromatic heterocycles. The summed E-state index contributed by atoms with van der Waals surface area (Å²) in [5.74, 6) is 1.59. The molecule has 98 valence electrons. The first kappa shape index (κ1) is 13.8. The van der Waals surface area contributed by atoms with Crippen LogP contribution in [0.3, 0.4) is 0 Å². The molecular formula is C16H21BrO. The van der Waals surface area contributed by atoms with Crippen molar-refractivity contribution in [2.75, 3.05) is 0 Å². The largest absolute Gasteiger partial charge is 0.299 e. The lowest BCUT2D eigenvalue weighted by Gasteiger charge is -2.26. The summed E-state index contributed by atoms with van der Waals surface area (Å²) in [6.07, 6.45) is 6.53. The average Bonchev–Trinajstić information content (AvgIpc) is 2.41. The molecule has 1 saturated carbocycles. The third-order valence-electron chi connectivity index (χ3n) is 4.20. The average molecular weight is 309 g/mol. The molecule has 0 amide bonds. The second kappa shape index (κ2) is 6.51. The van der Waals surface area contributed by atoms with Crippen LogP contribution in [0.1, 0.15) is 44.6 Å². The van der Waals surface area contributed by atoms with Gasteiger partial charge in [0.05, 0.1) is 0 Å². The zero-order valence-electron chi connectivity index (χ0n) is 11.0. The van der Waals surface area contributed by atoms with Gasteiger partial charge in [0.2, 0.25) is 0 Å². The first-order valence-corrected chi connectivity index (χ1v) is 7.76. The fraction of sp³-hybridized carbons (Fsp3) is 0.562. The first-order chi connectivity index (χ1) is 8.70. The molecule has 0 spiro atoms. The van der Waals surface area contributed by atoms with E-state index in [0.717, 1.165) is 28.8 Å². The van der Waals surface area contributed by atoms with E-state index in [-0.39, 0.29) is 0 Å².